The Morgan fingerprint density at radius 3 is 2.62 bits per heavy atom. The average Bonchev–Trinajstić information content (AvgIpc) is 3.54. The van der Waals surface area contributed by atoms with E-state index >= 15 is 0 Å². The summed E-state index contributed by atoms with van der Waals surface area (Å²) >= 11 is 0. The molecule has 2 aliphatic carbocycles. The Bertz CT molecular complexity index is 1710. The Labute approximate surface area is 232 Å². The number of fused-ring (bicyclic) bond motifs is 1. The monoisotopic (exact) mass is 536 g/mol. The summed E-state index contributed by atoms with van der Waals surface area (Å²) in [5.41, 5.74) is 8.06. The molecule has 0 radical (unpaired) electrons. The zero-order chi connectivity index (χ0) is 27.4. The van der Waals surface area contributed by atoms with Crippen molar-refractivity contribution in [2.24, 2.45) is 13.0 Å². The number of nitrogens with zero attached hydrogens (tertiary/aromatic N) is 5. The molecule has 7 rings (SSSR count). The first-order valence-electron chi connectivity index (χ1n) is 14.2. The minimum Gasteiger partial charge on any atom is -0.434 e. The molecule has 0 unspecified atom stereocenters. The van der Waals surface area contributed by atoms with Crippen LogP contribution < -0.4 is 5.32 Å². The minimum atomic E-state index is -0.319. The molecule has 0 amide bonds. The highest BCUT2D eigenvalue weighted by Gasteiger charge is 2.28. The van der Waals surface area contributed by atoms with Gasteiger partial charge in [-0.1, -0.05) is 18.6 Å². The van der Waals surface area contributed by atoms with E-state index in [4.69, 9.17) is 14.4 Å². The van der Waals surface area contributed by atoms with Gasteiger partial charge in [-0.25, -0.2) is 14.4 Å². The predicted octanol–water partition coefficient (Wildman–Crippen LogP) is 7.13. The molecule has 2 fully saturated rings. The fraction of sp³-hybridized carbons (Fsp3) is 0.375. The van der Waals surface area contributed by atoms with Crippen LogP contribution in [0, 0.1) is 18.7 Å². The molecule has 2 aliphatic rings. The Morgan fingerprint density at radius 2 is 1.90 bits per heavy atom. The normalized spacial score (nSPS) is 16.4. The van der Waals surface area contributed by atoms with Gasteiger partial charge in [-0.2, -0.15) is 0 Å². The second-order valence-corrected chi connectivity index (χ2v) is 11.5. The number of halogens is 1. The summed E-state index contributed by atoms with van der Waals surface area (Å²) in [4.78, 5) is 9.91. The van der Waals surface area contributed by atoms with E-state index < -0.39 is 0 Å². The molecule has 3 heterocycles. The fourth-order valence-corrected chi connectivity index (χ4v) is 5.63. The largest absolute Gasteiger partial charge is 0.434 e. The third kappa shape index (κ3) is 4.70. The summed E-state index contributed by atoms with van der Waals surface area (Å²) in [6, 6.07) is 13.5. The first-order chi connectivity index (χ1) is 19.4. The van der Waals surface area contributed by atoms with Crippen molar-refractivity contribution in [3.05, 3.63) is 71.4 Å². The van der Waals surface area contributed by atoms with Crippen LogP contribution in [0.25, 0.3) is 45.2 Å². The van der Waals surface area contributed by atoms with Crippen LogP contribution in [0.3, 0.4) is 0 Å². The van der Waals surface area contributed by atoms with Gasteiger partial charge in [0.1, 0.15) is 23.4 Å². The van der Waals surface area contributed by atoms with Crippen molar-refractivity contribution in [1.82, 2.24) is 30.0 Å². The van der Waals surface area contributed by atoms with Crippen LogP contribution >= 0.6 is 0 Å². The number of rotatable bonds is 8. The van der Waals surface area contributed by atoms with Gasteiger partial charge < -0.3 is 14.3 Å². The van der Waals surface area contributed by atoms with Gasteiger partial charge in [0.25, 0.3) is 0 Å². The van der Waals surface area contributed by atoms with Crippen LogP contribution in [-0.2, 0) is 7.05 Å². The van der Waals surface area contributed by atoms with Crippen LogP contribution in [0.4, 0.5) is 4.39 Å². The second kappa shape index (κ2) is 9.93. The minimum absolute atomic E-state index is 0.240. The number of pyridine rings is 1. The second-order valence-electron chi connectivity index (χ2n) is 11.5. The number of benzene rings is 2. The first-order valence-corrected chi connectivity index (χ1v) is 14.2. The molecule has 8 heteroatoms. The molecule has 1 atom stereocenters. The zero-order valence-electron chi connectivity index (χ0n) is 23.1. The summed E-state index contributed by atoms with van der Waals surface area (Å²) in [7, 11) is 1.86. The molecule has 3 aromatic heterocycles. The molecule has 2 saturated carbocycles. The molecule has 40 heavy (non-hydrogen) atoms. The summed E-state index contributed by atoms with van der Waals surface area (Å²) < 4.78 is 22.6. The van der Waals surface area contributed by atoms with Crippen LogP contribution in [-0.4, -0.2) is 31.3 Å². The summed E-state index contributed by atoms with van der Waals surface area (Å²) in [5.74, 6) is 2.00. The molecule has 1 N–H and O–H groups in total. The van der Waals surface area contributed by atoms with Crippen molar-refractivity contribution in [2.45, 2.75) is 57.9 Å². The first kappa shape index (κ1) is 25.1. The lowest BCUT2D eigenvalue weighted by atomic mass is 9.85. The van der Waals surface area contributed by atoms with E-state index in [0.29, 0.717) is 28.9 Å². The number of aryl methyl sites for hydroxylation is 2. The SMILES string of the molecule is Cc1cc([C@@H](C)NCC2CCC2)cc2nc(-c3cc(-c4ccc(F)cc4-c4nncn4C)cc(C4CC4)n3)oc12. The lowest BCUT2D eigenvalue weighted by Gasteiger charge is -2.27. The maximum atomic E-state index is 14.4. The molecule has 5 aromatic rings. The molecular formula is C32H33FN6O. The number of oxazole rings is 1. The fourth-order valence-electron chi connectivity index (χ4n) is 5.63. The molecule has 204 valence electrons. The van der Waals surface area contributed by atoms with Gasteiger partial charge in [0.2, 0.25) is 5.89 Å². The average molecular weight is 537 g/mol. The molecule has 7 nitrogen and oxygen atoms in total. The standard InChI is InChI=1S/C32H33FN6O/c1-18-11-22(19(2)34-16-20-5-4-6-20)12-28-30(18)40-32(37-28)29-14-23(13-27(36-29)21-7-8-21)25-10-9-24(33)15-26(25)31-38-35-17-39(31)3/h9-15,17,19-21,34H,4-8,16H2,1-3H3/t19-/m1/s1. The quantitative estimate of drug-likeness (QED) is 0.227. The third-order valence-corrected chi connectivity index (χ3v) is 8.44. The lowest BCUT2D eigenvalue weighted by molar-refractivity contribution is 0.292. The van der Waals surface area contributed by atoms with E-state index in [9.17, 15) is 4.39 Å². The highest BCUT2D eigenvalue weighted by molar-refractivity contribution is 5.84. The summed E-state index contributed by atoms with van der Waals surface area (Å²) in [6.07, 6.45) is 7.85. The van der Waals surface area contributed by atoms with Gasteiger partial charge in [0, 0.05) is 30.3 Å². The van der Waals surface area contributed by atoms with Crippen LogP contribution in [0.5, 0.6) is 0 Å². The highest BCUT2D eigenvalue weighted by atomic mass is 19.1. The topological polar surface area (TPSA) is 81.7 Å². The van der Waals surface area contributed by atoms with Crippen LogP contribution in [0.15, 0.2) is 53.2 Å². The molecule has 0 bridgehead atoms. The van der Waals surface area contributed by atoms with E-state index in [-0.39, 0.29) is 11.9 Å². The van der Waals surface area contributed by atoms with Crippen molar-refractivity contribution >= 4 is 11.1 Å². The number of hydrogen-bond acceptors (Lipinski definition) is 6. The maximum Gasteiger partial charge on any atom is 0.246 e. The van der Waals surface area contributed by atoms with Gasteiger partial charge in [-0.15, -0.1) is 10.2 Å². The van der Waals surface area contributed by atoms with Gasteiger partial charge in [-0.3, -0.25) is 0 Å². The van der Waals surface area contributed by atoms with Gasteiger partial charge in [0.05, 0.1) is 0 Å². The van der Waals surface area contributed by atoms with Crippen LogP contribution in [0.2, 0.25) is 0 Å². The van der Waals surface area contributed by atoms with E-state index in [0.717, 1.165) is 58.8 Å². The number of nitrogens with one attached hydrogen (secondary N) is 1. The van der Waals surface area contributed by atoms with E-state index in [1.54, 1.807) is 17.0 Å². The van der Waals surface area contributed by atoms with Crippen molar-refractivity contribution in [2.75, 3.05) is 6.54 Å². The van der Waals surface area contributed by atoms with Crippen molar-refractivity contribution < 1.29 is 8.81 Å². The van der Waals surface area contributed by atoms with Crippen molar-refractivity contribution in [3.8, 4) is 34.1 Å². The highest BCUT2D eigenvalue weighted by Crippen LogP contribution is 2.43. The summed E-state index contributed by atoms with van der Waals surface area (Å²) in [5, 5.41) is 12.0. The molecular weight excluding hydrogens is 503 g/mol. The Hall–Kier alpha value is -3.91. The zero-order valence-corrected chi connectivity index (χ0v) is 23.1. The molecule has 0 saturated heterocycles. The lowest BCUT2D eigenvalue weighted by Crippen LogP contribution is -2.29. The third-order valence-electron chi connectivity index (χ3n) is 8.44. The van der Waals surface area contributed by atoms with E-state index in [1.165, 1.54) is 37.0 Å². The van der Waals surface area contributed by atoms with Crippen LogP contribution in [0.1, 0.15) is 67.8 Å². The molecule has 0 spiro atoms. The smallest absolute Gasteiger partial charge is 0.246 e. The van der Waals surface area contributed by atoms with Gasteiger partial charge in [-0.05, 0) is 105 Å². The number of hydrogen-bond donors (Lipinski definition) is 1. The molecule has 2 aromatic carbocycles. The van der Waals surface area contributed by atoms with Crippen molar-refractivity contribution in [1.29, 1.82) is 0 Å². The Morgan fingerprint density at radius 1 is 1.05 bits per heavy atom. The van der Waals surface area contributed by atoms with Crippen molar-refractivity contribution in [3.63, 3.8) is 0 Å². The van der Waals surface area contributed by atoms with Gasteiger partial charge in [0.15, 0.2) is 11.4 Å². The predicted molar refractivity (Wildman–Crippen MR) is 153 cm³/mol. The van der Waals surface area contributed by atoms with E-state index in [1.807, 2.05) is 13.1 Å². The van der Waals surface area contributed by atoms with Gasteiger partial charge >= 0.3 is 0 Å². The Balaban J connectivity index is 1.29. The Kier molecular flexibility index (Phi) is 6.23. The number of aromatic nitrogens is 5. The molecule has 0 aliphatic heterocycles. The van der Waals surface area contributed by atoms with E-state index in [2.05, 4.69) is 47.6 Å². The maximum absolute atomic E-state index is 14.4. The summed E-state index contributed by atoms with van der Waals surface area (Å²) in [6.45, 7) is 5.35.